The molecule has 0 aromatic heterocycles. The van der Waals surface area contributed by atoms with Crippen LogP contribution >= 0.6 is 0 Å². The molecule has 6 heteroatoms. The Morgan fingerprint density at radius 2 is 2.00 bits per heavy atom. The summed E-state index contributed by atoms with van der Waals surface area (Å²) in [6.07, 6.45) is 0. The van der Waals surface area contributed by atoms with Crippen LogP contribution in [0.5, 0.6) is 5.75 Å². The van der Waals surface area contributed by atoms with Crippen LogP contribution in [0.2, 0.25) is 0 Å². The van der Waals surface area contributed by atoms with Crippen LogP contribution in [-0.4, -0.2) is 57.5 Å². The zero-order chi connectivity index (χ0) is 15.8. The Balaban J connectivity index is 0.00000242. The standard InChI is InChI=1S/C16H23N2O3.HI/c1-11(9-18(3,4)5)16(20)12-6-7-13-14(8-12)21-10-15(19)17(13)2;/h6-8,11H,9-10H2,1-5H3;1H/q+1;/p-1. The maximum absolute atomic E-state index is 12.5. The van der Waals surface area contributed by atoms with Gasteiger partial charge < -0.3 is 38.1 Å². The summed E-state index contributed by atoms with van der Waals surface area (Å²) in [6, 6.07) is 5.29. The molecule has 1 atom stereocenters. The van der Waals surface area contributed by atoms with Crippen LogP contribution in [0.15, 0.2) is 18.2 Å². The predicted molar refractivity (Wildman–Crippen MR) is 81.7 cm³/mol. The number of halogens is 1. The van der Waals surface area contributed by atoms with Gasteiger partial charge in [-0.3, -0.25) is 9.59 Å². The topological polar surface area (TPSA) is 46.6 Å². The van der Waals surface area contributed by atoms with Crippen molar-refractivity contribution >= 4 is 17.4 Å². The van der Waals surface area contributed by atoms with Gasteiger partial charge in [-0.2, -0.15) is 0 Å². The summed E-state index contributed by atoms with van der Waals surface area (Å²) in [4.78, 5) is 25.6. The minimum Gasteiger partial charge on any atom is -1.00 e. The van der Waals surface area contributed by atoms with E-state index in [1.807, 2.05) is 6.92 Å². The summed E-state index contributed by atoms with van der Waals surface area (Å²) < 4.78 is 6.17. The van der Waals surface area contributed by atoms with E-state index in [1.165, 1.54) is 0 Å². The van der Waals surface area contributed by atoms with Crippen molar-refractivity contribution in [1.29, 1.82) is 0 Å². The number of Topliss-reactive ketones (excluding diaryl/α,β-unsaturated/α-hetero) is 1. The second kappa shape index (κ2) is 6.95. The average Bonchev–Trinajstić information content (AvgIpc) is 2.40. The number of hydrogen-bond acceptors (Lipinski definition) is 3. The molecule has 5 nitrogen and oxygen atoms in total. The highest BCUT2D eigenvalue weighted by Crippen LogP contribution is 2.32. The number of anilines is 1. The Labute approximate surface area is 148 Å². The minimum absolute atomic E-state index is 0. The van der Waals surface area contributed by atoms with E-state index >= 15 is 0 Å². The number of carbonyl (C=O) groups excluding carboxylic acids is 2. The molecule has 1 unspecified atom stereocenters. The molecule has 0 saturated heterocycles. The van der Waals surface area contributed by atoms with Gasteiger partial charge in [-0.25, -0.2) is 0 Å². The summed E-state index contributed by atoms with van der Waals surface area (Å²) in [5, 5.41) is 0. The highest BCUT2D eigenvalue weighted by atomic mass is 127. The number of ketones is 1. The summed E-state index contributed by atoms with van der Waals surface area (Å²) in [5.41, 5.74) is 1.35. The molecule has 1 aromatic carbocycles. The highest BCUT2D eigenvalue weighted by molar-refractivity contribution is 6.01. The lowest BCUT2D eigenvalue weighted by molar-refractivity contribution is -0.872. The van der Waals surface area contributed by atoms with Crippen molar-refractivity contribution in [2.45, 2.75) is 6.92 Å². The third-order valence-corrected chi connectivity index (χ3v) is 3.60. The highest BCUT2D eigenvalue weighted by Gasteiger charge is 2.26. The molecule has 1 aliphatic heterocycles. The first kappa shape index (κ1) is 18.9. The van der Waals surface area contributed by atoms with Crippen LogP contribution in [-0.2, 0) is 4.79 Å². The fraction of sp³-hybridized carbons (Fsp3) is 0.500. The Morgan fingerprint density at radius 1 is 1.36 bits per heavy atom. The number of benzene rings is 1. The first-order valence-electron chi connectivity index (χ1n) is 7.07. The Bertz CT molecular complexity index is 581. The Hall–Kier alpha value is -1.15. The van der Waals surface area contributed by atoms with E-state index in [2.05, 4.69) is 21.1 Å². The molecule has 0 spiro atoms. The van der Waals surface area contributed by atoms with Gasteiger partial charge in [0.1, 0.15) is 5.75 Å². The molecule has 122 valence electrons. The summed E-state index contributed by atoms with van der Waals surface area (Å²) >= 11 is 0. The molecule has 1 aromatic rings. The molecule has 0 radical (unpaired) electrons. The monoisotopic (exact) mass is 418 g/mol. The van der Waals surface area contributed by atoms with E-state index in [-0.39, 0.29) is 48.2 Å². The van der Waals surface area contributed by atoms with Crippen LogP contribution in [0.25, 0.3) is 0 Å². The van der Waals surface area contributed by atoms with Crippen molar-refractivity contribution in [1.82, 2.24) is 0 Å². The van der Waals surface area contributed by atoms with Gasteiger partial charge in [0, 0.05) is 12.6 Å². The maximum Gasteiger partial charge on any atom is 0.264 e. The molecule has 22 heavy (non-hydrogen) atoms. The largest absolute Gasteiger partial charge is 1.00 e. The second-order valence-electron chi connectivity index (χ2n) is 6.66. The molecule has 2 rings (SSSR count). The summed E-state index contributed by atoms with van der Waals surface area (Å²) in [7, 11) is 7.92. The number of quaternary nitrogens is 1. The normalized spacial score (nSPS) is 15.5. The molecule has 0 saturated carbocycles. The van der Waals surface area contributed by atoms with E-state index in [1.54, 1.807) is 30.1 Å². The number of carbonyl (C=O) groups is 2. The third kappa shape index (κ3) is 4.19. The number of hydrogen-bond donors (Lipinski definition) is 0. The first-order valence-corrected chi connectivity index (χ1v) is 7.07. The lowest BCUT2D eigenvalue weighted by atomic mass is 9.97. The minimum atomic E-state index is -0.0834. The van der Waals surface area contributed by atoms with Crippen molar-refractivity contribution < 1.29 is 42.8 Å². The van der Waals surface area contributed by atoms with E-state index < -0.39 is 0 Å². The van der Waals surface area contributed by atoms with Crippen molar-refractivity contribution in [2.24, 2.45) is 5.92 Å². The van der Waals surface area contributed by atoms with E-state index in [4.69, 9.17) is 4.74 Å². The van der Waals surface area contributed by atoms with E-state index in [9.17, 15) is 9.59 Å². The Morgan fingerprint density at radius 3 is 2.59 bits per heavy atom. The molecular formula is C16H23IN2O3. The van der Waals surface area contributed by atoms with Gasteiger partial charge in [-0.05, 0) is 25.1 Å². The molecule has 0 N–H and O–H groups in total. The first-order chi connectivity index (χ1) is 9.69. The van der Waals surface area contributed by atoms with Crippen LogP contribution < -0.4 is 33.6 Å². The maximum atomic E-state index is 12.5. The third-order valence-electron chi connectivity index (χ3n) is 3.60. The lowest BCUT2D eigenvalue weighted by Gasteiger charge is -2.28. The number of ether oxygens (including phenoxy) is 1. The molecule has 0 aliphatic carbocycles. The van der Waals surface area contributed by atoms with Crippen molar-refractivity contribution in [3.05, 3.63) is 23.8 Å². The molecule has 1 amide bonds. The van der Waals surface area contributed by atoms with E-state index in [0.717, 1.165) is 11.0 Å². The predicted octanol–water partition coefficient (Wildman–Crippen LogP) is -1.43. The molecule has 1 heterocycles. The van der Waals surface area contributed by atoms with Crippen molar-refractivity contribution in [3.8, 4) is 5.75 Å². The molecule has 0 fully saturated rings. The number of amides is 1. The van der Waals surface area contributed by atoms with E-state index in [0.29, 0.717) is 17.0 Å². The van der Waals surface area contributed by atoms with Gasteiger partial charge in [-0.1, -0.05) is 0 Å². The van der Waals surface area contributed by atoms with Crippen molar-refractivity contribution in [2.75, 3.05) is 46.2 Å². The smallest absolute Gasteiger partial charge is 0.264 e. The van der Waals surface area contributed by atoms with Gasteiger partial charge in [0.25, 0.3) is 5.91 Å². The number of likely N-dealkylation sites (N-methyl/N-ethyl adjacent to an activating group) is 1. The fourth-order valence-corrected chi connectivity index (χ4v) is 2.62. The quantitative estimate of drug-likeness (QED) is 0.343. The molecule has 0 bridgehead atoms. The Kier molecular flexibility index (Phi) is 5.97. The molecular weight excluding hydrogens is 395 g/mol. The fourth-order valence-electron chi connectivity index (χ4n) is 2.62. The van der Waals surface area contributed by atoms with Crippen molar-refractivity contribution in [3.63, 3.8) is 0 Å². The number of fused-ring (bicyclic) bond motifs is 1. The van der Waals surface area contributed by atoms with Crippen LogP contribution in [0.3, 0.4) is 0 Å². The summed E-state index contributed by atoms with van der Waals surface area (Å²) in [5.74, 6) is 0.556. The van der Waals surface area contributed by atoms with Gasteiger partial charge in [-0.15, -0.1) is 0 Å². The molecule has 1 aliphatic rings. The van der Waals surface area contributed by atoms with Gasteiger partial charge >= 0.3 is 0 Å². The van der Waals surface area contributed by atoms with Gasteiger partial charge in [0.15, 0.2) is 12.4 Å². The average molecular weight is 418 g/mol. The van der Waals surface area contributed by atoms with Gasteiger partial charge in [0.2, 0.25) is 0 Å². The van der Waals surface area contributed by atoms with Gasteiger partial charge in [0.05, 0.1) is 39.3 Å². The summed E-state index contributed by atoms with van der Waals surface area (Å²) in [6.45, 7) is 2.74. The number of rotatable bonds is 4. The second-order valence-corrected chi connectivity index (χ2v) is 6.66. The SMILES string of the molecule is CC(C[N+](C)(C)C)C(=O)c1ccc2c(c1)OCC(=O)N2C.[I-]. The van der Waals surface area contributed by atoms with Crippen LogP contribution in [0.4, 0.5) is 5.69 Å². The van der Waals surface area contributed by atoms with Crippen LogP contribution in [0.1, 0.15) is 17.3 Å². The zero-order valence-corrected chi connectivity index (χ0v) is 15.9. The lowest BCUT2D eigenvalue weighted by Crippen LogP contribution is -3.00. The number of nitrogens with zero attached hydrogens (tertiary/aromatic N) is 2. The zero-order valence-electron chi connectivity index (χ0n) is 13.7. The van der Waals surface area contributed by atoms with Crippen LogP contribution in [0, 0.1) is 5.92 Å².